The van der Waals surface area contributed by atoms with Crippen LogP contribution < -0.4 is 10.8 Å². The quantitative estimate of drug-likeness (QED) is 0.318. The molecule has 2 aromatic carbocycles. The fourth-order valence-corrected chi connectivity index (χ4v) is 2.48. The Morgan fingerprint density at radius 3 is 2.22 bits per heavy atom. The monoisotopic (exact) mass is 366 g/mol. The van der Waals surface area contributed by atoms with Crippen molar-refractivity contribution in [3.63, 3.8) is 0 Å². The predicted molar refractivity (Wildman–Crippen MR) is 101 cm³/mol. The van der Waals surface area contributed by atoms with Crippen molar-refractivity contribution in [2.75, 3.05) is 0 Å². The van der Waals surface area contributed by atoms with Gasteiger partial charge >= 0.3 is 0 Å². The van der Waals surface area contributed by atoms with E-state index in [0.717, 1.165) is 24.0 Å². The lowest BCUT2D eigenvalue weighted by molar-refractivity contribution is -0.124. The van der Waals surface area contributed by atoms with E-state index in [1.807, 2.05) is 12.1 Å². The zero-order valence-electron chi connectivity index (χ0n) is 14.5. The fourth-order valence-electron chi connectivity index (χ4n) is 2.48. The summed E-state index contributed by atoms with van der Waals surface area (Å²) in [5.41, 5.74) is 4.18. The van der Waals surface area contributed by atoms with Crippen LogP contribution >= 0.6 is 0 Å². The van der Waals surface area contributed by atoms with E-state index in [2.05, 4.69) is 5.32 Å². The van der Waals surface area contributed by atoms with Crippen molar-refractivity contribution in [1.82, 2.24) is 10.8 Å². The van der Waals surface area contributed by atoms with Gasteiger partial charge in [-0.05, 0) is 53.8 Å². The molecule has 3 N–H and O–H groups in total. The second kappa shape index (κ2) is 8.42. The molecule has 2 amide bonds. The molecule has 1 aliphatic carbocycles. The van der Waals surface area contributed by atoms with Crippen LogP contribution in [0.4, 0.5) is 4.39 Å². The van der Waals surface area contributed by atoms with Crippen LogP contribution in [0, 0.1) is 5.82 Å². The minimum absolute atomic E-state index is 0.187. The molecule has 1 saturated carbocycles. The molecule has 1 fully saturated rings. The largest absolute Gasteiger partial charge is 0.349 e. The molecule has 1 aliphatic rings. The molecule has 138 valence electrons. The van der Waals surface area contributed by atoms with Gasteiger partial charge < -0.3 is 5.32 Å². The van der Waals surface area contributed by atoms with E-state index in [9.17, 15) is 14.0 Å². The minimum atomic E-state index is -0.616. The zero-order valence-corrected chi connectivity index (χ0v) is 14.5. The van der Waals surface area contributed by atoms with Gasteiger partial charge in [0, 0.05) is 17.7 Å². The van der Waals surface area contributed by atoms with E-state index in [-0.39, 0.29) is 17.8 Å². The maximum absolute atomic E-state index is 13.2. The first-order valence-electron chi connectivity index (χ1n) is 8.56. The van der Waals surface area contributed by atoms with Crippen molar-refractivity contribution in [2.24, 2.45) is 0 Å². The summed E-state index contributed by atoms with van der Waals surface area (Å²) in [6.45, 7) is 0. The lowest BCUT2D eigenvalue weighted by Crippen LogP contribution is -2.26. The molecule has 27 heavy (non-hydrogen) atoms. The van der Waals surface area contributed by atoms with Gasteiger partial charge in [-0.15, -0.1) is 0 Å². The molecular formula is C21H19FN2O3. The summed E-state index contributed by atoms with van der Waals surface area (Å²) in [5.74, 6) is -1.16. The number of nitrogens with one attached hydrogen (secondary N) is 2. The summed E-state index contributed by atoms with van der Waals surface area (Å²) >= 11 is 0. The number of carbonyl (C=O) groups excluding carboxylic acids is 2. The van der Waals surface area contributed by atoms with Crippen LogP contribution in [0.25, 0.3) is 17.7 Å². The normalized spacial score (nSPS) is 14.2. The van der Waals surface area contributed by atoms with Crippen LogP contribution in [0.3, 0.4) is 0 Å². The summed E-state index contributed by atoms with van der Waals surface area (Å²) < 4.78 is 13.2. The maximum Gasteiger partial charge on any atom is 0.267 e. The molecular weight excluding hydrogens is 347 g/mol. The van der Waals surface area contributed by atoms with Gasteiger partial charge in [0.2, 0.25) is 0 Å². The Morgan fingerprint density at radius 1 is 1.00 bits per heavy atom. The second-order valence-electron chi connectivity index (χ2n) is 6.29. The van der Waals surface area contributed by atoms with Crippen molar-refractivity contribution in [3.8, 4) is 0 Å². The lowest BCUT2D eigenvalue weighted by Gasteiger charge is -2.09. The van der Waals surface area contributed by atoms with E-state index < -0.39 is 5.91 Å². The van der Waals surface area contributed by atoms with Crippen LogP contribution in [0.2, 0.25) is 0 Å². The average Bonchev–Trinajstić information content (AvgIpc) is 3.50. The smallest absolute Gasteiger partial charge is 0.267 e. The van der Waals surface area contributed by atoms with Crippen LogP contribution in [-0.2, 0) is 9.59 Å². The number of rotatable bonds is 6. The molecule has 0 aliphatic heterocycles. The summed E-state index contributed by atoms with van der Waals surface area (Å²) in [5, 5.41) is 11.4. The zero-order chi connectivity index (χ0) is 19.2. The van der Waals surface area contributed by atoms with Gasteiger partial charge in [0.1, 0.15) is 5.82 Å². The molecule has 5 nitrogen and oxygen atoms in total. The molecule has 0 spiro atoms. The van der Waals surface area contributed by atoms with Gasteiger partial charge in [-0.1, -0.05) is 36.4 Å². The van der Waals surface area contributed by atoms with Crippen molar-refractivity contribution in [2.45, 2.75) is 18.9 Å². The molecule has 0 unspecified atom stereocenters. The van der Waals surface area contributed by atoms with Crippen molar-refractivity contribution in [3.05, 3.63) is 77.1 Å². The van der Waals surface area contributed by atoms with Crippen LogP contribution in [0.5, 0.6) is 0 Å². The average molecular weight is 366 g/mol. The highest BCUT2D eigenvalue weighted by Gasteiger charge is 2.25. The Hall–Kier alpha value is -3.25. The first-order valence-corrected chi connectivity index (χ1v) is 8.56. The lowest BCUT2D eigenvalue weighted by atomic mass is 10.0. The van der Waals surface area contributed by atoms with Crippen LogP contribution in [-0.4, -0.2) is 23.1 Å². The van der Waals surface area contributed by atoms with Gasteiger partial charge in [0.15, 0.2) is 0 Å². The van der Waals surface area contributed by atoms with E-state index in [0.29, 0.717) is 11.1 Å². The van der Waals surface area contributed by atoms with Crippen molar-refractivity contribution < 1.29 is 19.2 Å². The molecule has 0 aromatic heterocycles. The maximum atomic E-state index is 13.2. The van der Waals surface area contributed by atoms with E-state index in [4.69, 9.17) is 5.21 Å². The Balaban J connectivity index is 1.85. The highest BCUT2D eigenvalue weighted by atomic mass is 19.1. The highest BCUT2D eigenvalue weighted by Crippen LogP contribution is 2.24. The van der Waals surface area contributed by atoms with Crippen LogP contribution in [0.1, 0.15) is 29.5 Å². The molecule has 3 rings (SSSR count). The summed E-state index contributed by atoms with van der Waals surface area (Å²) in [6.07, 6.45) is 6.46. The van der Waals surface area contributed by atoms with E-state index in [1.165, 1.54) is 23.7 Å². The number of hydroxylamine groups is 1. The topological polar surface area (TPSA) is 78.4 Å². The van der Waals surface area contributed by atoms with Crippen molar-refractivity contribution >= 4 is 29.5 Å². The van der Waals surface area contributed by atoms with Gasteiger partial charge in [0.05, 0.1) is 0 Å². The Kier molecular flexibility index (Phi) is 5.78. The van der Waals surface area contributed by atoms with E-state index in [1.54, 1.807) is 36.4 Å². The molecule has 6 heteroatoms. The third kappa shape index (κ3) is 5.36. The Morgan fingerprint density at radius 2 is 1.63 bits per heavy atom. The third-order valence-corrected chi connectivity index (χ3v) is 4.10. The van der Waals surface area contributed by atoms with Gasteiger partial charge in [0.25, 0.3) is 11.8 Å². The Bertz CT molecular complexity index is 883. The second-order valence-corrected chi connectivity index (χ2v) is 6.29. The van der Waals surface area contributed by atoms with Gasteiger partial charge in [-0.25, -0.2) is 9.87 Å². The number of carbonyl (C=O) groups is 2. The third-order valence-electron chi connectivity index (χ3n) is 4.10. The first-order chi connectivity index (χ1) is 13.0. The molecule has 2 aromatic rings. The first kappa shape index (κ1) is 18.5. The Labute approximate surface area is 156 Å². The summed E-state index contributed by atoms with van der Waals surface area (Å²) in [6, 6.07) is 13.2. The SMILES string of the molecule is O=C(/C=C/c1ccc(C=C(C(=O)NC2CC2)c2ccc(F)cc2)cc1)NO. The molecule has 0 bridgehead atoms. The highest BCUT2D eigenvalue weighted by molar-refractivity contribution is 6.24. The standard InChI is InChI=1S/C21H19FN2O3/c22-17-8-6-16(7-9-17)19(21(26)23-18-10-11-18)13-15-3-1-14(2-4-15)5-12-20(25)24-27/h1-9,12-13,18,27H,10-11H2,(H,23,26)(H,24,25)/b12-5+,19-13?. The number of hydrogen-bond donors (Lipinski definition) is 3. The number of amides is 2. The fraction of sp³-hybridized carbons (Fsp3) is 0.143. The minimum Gasteiger partial charge on any atom is -0.349 e. The molecule has 0 heterocycles. The predicted octanol–water partition coefficient (Wildman–Crippen LogP) is 3.16. The number of benzene rings is 2. The number of halogens is 1. The molecule has 0 radical (unpaired) electrons. The van der Waals surface area contributed by atoms with E-state index >= 15 is 0 Å². The summed E-state index contributed by atoms with van der Waals surface area (Å²) in [7, 11) is 0. The van der Waals surface area contributed by atoms with Gasteiger partial charge in [-0.3, -0.25) is 14.8 Å². The van der Waals surface area contributed by atoms with Crippen LogP contribution in [0.15, 0.2) is 54.6 Å². The molecule has 0 atom stereocenters. The molecule has 0 saturated heterocycles. The number of hydrogen-bond acceptors (Lipinski definition) is 3. The van der Waals surface area contributed by atoms with Gasteiger partial charge in [-0.2, -0.15) is 0 Å². The van der Waals surface area contributed by atoms with Crippen molar-refractivity contribution in [1.29, 1.82) is 0 Å². The summed E-state index contributed by atoms with van der Waals surface area (Å²) in [4.78, 5) is 23.6.